The summed E-state index contributed by atoms with van der Waals surface area (Å²) in [7, 11) is -3.77. The number of carbonyl (C=O) groups excluding carboxylic acids is 1. The molecule has 0 bridgehead atoms. The summed E-state index contributed by atoms with van der Waals surface area (Å²) in [5, 5.41) is 4.01. The molecule has 2 aromatic rings. The summed E-state index contributed by atoms with van der Waals surface area (Å²) in [6.07, 6.45) is 3.64. The molecule has 2 N–H and O–H groups in total. The van der Waals surface area contributed by atoms with Crippen LogP contribution in [-0.2, 0) is 19.6 Å². The van der Waals surface area contributed by atoms with E-state index in [1.807, 2.05) is 0 Å². The summed E-state index contributed by atoms with van der Waals surface area (Å²) >= 11 is 0. The fraction of sp³-hybridized carbons (Fsp3) is 0.375. The number of benzene rings is 2. The molecular weight excluding hydrogens is 447 g/mol. The normalized spacial score (nSPS) is 14.8. The molecule has 0 unspecified atom stereocenters. The maximum atomic E-state index is 14.0. The highest BCUT2D eigenvalue weighted by atomic mass is 32.2. The predicted molar refractivity (Wildman–Crippen MR) is 126 cm³/mol. The van der Waals surface area contributed by atoms with Crippen LogP contribution in [0.2, 0.25) is 0 Å². The van der Waals surface area contributed by atoms with Crippen molar-refractivity contribution in [1.29, 1.82) is 0 Å². The monoisotopic (exact) mass is 476 g/mol. The molecule has 0 aromatic heterocycles. The van der Waals surface area contributed by atoms with Gasteiger partial charge in [-0.2, -0.15) is 0 Å². The second kappa shape index (κ2) is 11.3. The van der Waals surface area contributed by atoms with Gasteiger partial charge in [-0.25, -0.2) is 17.5 Å². The molecule has 178 valence electrons. The quantitative estimate of drug-likeness (QED) is 0.445. The molecule has 0 radical (unpaired) electrons. The Kier molecular flexibility index (Phi) is 8.46. The van der Waals surface area contributed by atoms with Crippen LogP contribution in [0, 0.1) is 11.7 Å². The van der Waals surface area contributed by atoms with Crippen molar-refractivity contribution in [1.82, 2.24) is 4.72 Å². The molecule has 1 aliphatic carbocycles. The average Bonchev–Trinajstić information content (AvgIpc) is 3.60. The summed E-state index contributed by atoms with van der Waals surface area (Å²) in [5.41, 5.74) is 1.90. The van der Waals surface area contributed by atoms with Gasteiger partial charge in [-0.05, 0) is 74.1 Å². The van der Waals surface area contributed by atoms with E-state index in [1.54, 1.807) is 38.1 Å². The molecule has 7 nitrogen and oxygen atoms in total. The van der Waals surface area contributed by atoms with Crippen molar-refractivity contribution in [3.63, 3.8) is 0 Å². The highest BCUT2D eigenvalue weighted by Crippen LogP contribution is 2.31. The molecule has 3 rings (SSSR count). The first kappa shape index (κ1) is 24.7. The van der Waals surface area contributed by atoms with Gasteiger partial charge in [0.1, 0.15) is 6.54 Å². The zero-order valence-electron chi connectivity index (χ0n) is 18.7. The summed E-state index contributed by atoms with van der Waals surface area (Å²) in [6, 6.07) is 10.8. The largest absolute Gasteiger partial charge is 0.490 e. The topological polar surface area (TPSA) is 93.7 Å². The Morgan fingerprint density at radius 3 is 2.76 bits per heavy atom. The van der Waals surface area contributed by atoms with Gasteiger partial charge in [0.15, 0.2) is 11.6 Å². The molecule has 0 spiro atoms. The van der Waals surface area contributed by atoms with Gasteiger partial charge in [-0.1, -0.05) is 18.2 Å². The molecule has 1 fully saturated rings. The van der Waals surface area contributed by atoms with E-state index in [9.17, 15) is 17.6 Å². The highest BCUT2D eigenvalue weighted by molar-refractivity contribution is 7.92. The Morgan fingerprint density at radius 2 is 2.03 bits per heavy atom. The standard InChI is InChI=1S/C24H29FN2O5S/c1-3-31-24(28)15-26-21-6-4-5-18(13-21)11-12-33(29,30)27-17(2)20-9-10-22(25)23(14-20)32-16-19-7-8-19/h4-6,9-14,17,19,26-27H,3,7-8,15-16H2,1-2H3/b12-11+/t17-/m1/s1. The van der Waals surface area contributed by atoms with Gasteiger partial charge in [0.05, 0.1) is 13.2 Å². The highest BCUT2D eigenvalue weighted by Gasteiger charge is 2.23. The van der Waals surface area contributed by atoms with Crippen LogP contribution in [0.25, 0.3) is 6.08 Å². The Balaban J connectivity index is 1.60. The summed E-state index contributed by atoms with van der Waals surface area (Å²) in [6.45, 7) is 4.21. The molecule has 0 amide bonds. The summed E-state index contributed by atoms with van der Waals surface area (Å²) in [4.78, 5) is 11.5. The van der Waals surface area contributed by atoms with E-state index >= 15 is 0 Å². The third-order valence-corrected chi connectivity index (χ3v) is 6.21. The van der Waals surface area contributed by atoms with Crippen molar-refractivity contribution >= 4 is 27.8 Å². The van der Waals surface area contributed by atoms with Gasteiger partial charge >= 0.3 is 5.97 Å². The zero-order valence-corrected chi connectivity index (χ0v) is 19.5. The average molecular weight is 477 g/mol. The van der Waals surface area contributed by atoms with E-state index in [0.717, 1.165) is 18.2 Å². The first-order valence-electron chi connectivity index (χ1n) is 10.9. The first-order valence-corrected chi connectivity index (χ1v) is 12.4. The minimum absolute atomic E-state index is 0.0163. The molecule has 9 heteroatoms. The number of hydrogen-bond acceptors (Lipinski definition) is 6. The van der Waals surface area contributed by atoms with Gasteiger partial charge in [0.2, 0.25) is 10.0 Å². The Hall–Kier alpha value is -2.91. The Labute approximate surface area is 194 Å². The van der Waals surface area contributed by atoms with Crippen LogP contribution in [0.5, 0.6) is 5.75 Å². The molecule has 0 heterocycles. The van der Waals surface area contributed by atoms with E-state index in [4.69, 9.17) is 9.47 Å². The van der Waals surface area contributed by atoms with Crippen molar-refractivity contribution in [2.24, 2.45) is 5.92 Å². The van der Waals surface area contributed by atoms with Crippen LogP contribution in [-0.4, -0.2) is 34.1 Å². The molecule has 1 aliphatic rings. The van der Waals surface area contributed by atoms with Crippen molar-refractivity contribution < 1.29 is 27.1 Å². The second-order valence-corrected chi connectivity index (χ2v) is 9.51. The number of carbonyl (C=O) groups is 1. The number of sulfonamides is 1. The lowest BCUT2D eigenvalue weighted by atomic mass is 10.1. The van der Waals surface area contributed by atoms with Crippen molar-refractivity contribution in [3.05, 3.63) is 64.8 Å². The first-order chi connectivity index (χ1) is 15.8. The predicted octanol–water partition coefficient (Wildman–Crippen LogP) is 4.24. The second-order valence-electron chi connectivity index (χ2n) is 7.92. The van der Waals surface area contributed by atoms with Gasteiger partial charge in [-0.15, -0.1) is 0 Å². The molecule has 0 saturated heterocycles. The van der Waals surface area contributed by atoms with E-state index in [2.05, 4.69) is 10.0 Å². The number of rotatable bonds is 12. The summed E-state index contributed by atoms with van der Waals surface area (Å²) < 4.78 is 52.1. The van der Waals surface area contributed by atoms with Gasteiger partial charge < -0.3 is 14.8 Å². The zero-order chi connectivity index (χ0) is 23.8. The number of ether oxygens (including phenoxy) is 2. The molecule has 0 aliphatic heterocycles. The third-order valence-electron chi connectivity index (χ3n) is 5.04. The van der Waals surface area contributed by atoms with Gasteiger partial charge in [0, 0.05) is 17.1 Å². The lowest BCUT2D eigenvalue weighted by Crippen LogP contribution is -2.24. The van der Waals surface area contributed by atoms with Crippen LogP contribution in [0.4, 0.5) is 10.1 Å². The molecule has 1 atom stereocenters. The maximum Gasteiger partial charge on any atom is 0.325 e. The van der Waals surface area contributed by atoms with Gasteiger partial charge in [-0.3, -0.25) is 4.79 Å². The number of hydrogen-bond donors (Lipinski definition) is 2. The van der Waals surface area contributed by atoms with Crippen LogP contribution >= 0.6 is 0 Å². The van der Waals surface area contributed by atoms with E-state index in [-0.39, 0.29) is 18.3 Å². The van der Waals surface area contributed by atoms with Crippen molar-refractivity contribution in [2.75, 3.05) is 25.1 Å². The van der Waals surface area contributed by atoms with Crippen molar-refractivity contribution in [2.45, 2.75) is 32.7 Å². The molecule has 33 heavy (non-hydrogen) atoms. The number of esters is 1. The molecule has 1 saturated carbocycles. The van der Waals surface area contributed by atoms with Crippen LogP contribution in [0.3, 0.4) is 0 Å². The smallest absolute Gasteiger partial charge is 0.325 e. The molecule has 2 aromatic carbocycles. The Morgan fingerprint density at radius 1 is 1.24 bits per heavy atom. The van der Waals surface area contributed by atoms with E-state index in [0.29, 0.717) is 35.9 Å². The lowest BCUT2D eigenvalue weighted by molar-refractivity contribution is -0.140. The maximum absolute atomic E-state index is 14.0. The number of nitrogens with one attached hydrogen (secondary N) is 2. The summed E-state index contributed by atoms with van der Waals surface area (Å²) in [5.74, 6) is -0.229. The number of anilines is 1. The van der Waals surface area contributed by atoms with Crippen LogP contribution in [0.1, 0.15) is 43.9 Å². The van der Waals surface area contributed by atoms with E-state index in [1.165, 1.54) is 24.3 Å². The fourth-order valence-electron chi connectivity index (χ4n) is 3.05. The Bertz CT molecular complexity index is 1100. The number of halogens is 1. The van der Waals surface area contributed by atoms with Crippen LogP contribution < -0.4 is 14.8 Å². The minimum atomic E-state index is -3.77. The SMILES string of the molecule is CCOC(=O)CNc1cccc(/C=C/S(=O)(=O)N[C@H](C)c2ccc(F)c(OCC3CC3)c2)c1. The lowest BCUT2D eigenvalue weighted by Gasteiger charge is -2.15. The van der Waals surface area contributed by atoms with Gasteiger partial charge in [0.25, 0.3) is 0 Å². The fourth-order valence-corrected chi connectivity index (χ4v) is 4.10. The van der Waals surface area contributed by atoms with Crippen molar-refractivity contribution in [3.8, 4) is 5.75 Å². The minimum Gasteiger partial charge on any atom is -0.490 e. The third kappa shape index (κ3) is 8.18. The van der Waals surface area contributed by atoms with E-state index < -0.39 is 21.9 Å². The van der Waals surface area contributed by atoms with Crippen LogP contribution in [0.15, 0.2) is 47.9 Å². The molecular formula is C24H29FN2O5S.